The number of nitrogens with one attached hydrogen (secondary N) is 1. The van der Waals surface area contributed by atoms with Crippen molar-refractivity contribution in [1.29, 1.82) is 0 Å². The molecule has 0 radical (unpaired) electrons. The van der Waals surface area contributed by atoms with E-state index in [9.17, 15) is 0 Å². The van der Waals surface area contributed by atoms with Crippen LogP contribution >= 0.6 is 15.9 Å². The topological polar surface area (TPSA) is 55.9 Å². The molecule has 16 heavy (non-hydrogen) atoms. The summed E-state index contributed by atoms with van der Waals surface area (Å²) < 4.78 is 2.99. The quantitative estimate of drug-likeness (QED) is 0.661. The minimum atomic E-state index is 0.122. The first-order valence-electron chi connectivity index (χ1n) is 5.56. The summed E-state index contributed by atoms with van der Waals surface area (Å²) in [4.78, 5) is 0. The van der Waals surface area contributed by atoms with Crippen molar-refractivity contribution in [2.75, 3.05) is 0 Å². The number of halogens is 1. The Morgan fingerprint density at radius 3 is 2.62 bits per heavy atom. The molecule has 1 atom stereocenters. The van der Waals surface area contributed by atoms with Crippen molar-refractivity contribution in [3.8, 4) is 0 Å². The zero-order valence-electron chi connectivity index (χ0n) is 10.4. The van der Waals surface area contributed by atoms with Gasteiger partial charge in [-0.3, -0.25) is 16.0 Å². The Balaban J connectivity index is 2.98. The van der Waals surface area contributed by atoms with Crippen LogP contribution in [0.5, 0.6) is 0 Å². The number of hydrazine groups is 1. The zero-order valence-corrected chi connectivity index (χ0v) is 12.0. The molecule has 1 heterocycles. The second-order valence-corrected chi connectivity index (χ2v) is 6.03. The smallest absolute Gasteiger partial charge is 0.0709 e. The van der Waals surface area contributed by atoms with Gasteiger partial charge in [-0.25, -0.2) is 0 Å². The summed E-state index contributed by atoms with van der Waals surface area (Å²) in [6.07, 6.45) is 2.79. The van der Waals surface area contributed by atoms with E-state index in [0.29, 0.717) is 0 Å². The second kappa shape index (κ2) is 5.29. The number of aryl methyl sites for hydroxylation is 1. The summed E-state index contributed by atoms with van der Waals surface area (Å²) in [5.74, 6) is 5.65. The van der Waals surface area contributed by atoms with E-state index >= 15 is 0 Å². The standard InChI is InChI=1S/C11H21BrN4/c1-5-16-10(8(12)7-14-16)9(15-13)6-11(2,3)4/h7,9,15H,5-6,13H2,1-4H3. The van der Waals surface area contributed by atoms with E-state index in [-0.39, 0.29) is 11.5 Å². The third kappa shape index (κ3) is 3.30. The van der Waals surface area contributed by atoms with Crippen LogP contribution in [-0.2, 0) is 6.54 Å². The Labute approximate surface area is 106 Å². The average molecular weight is 289 g/mol. The Bertz CT molecular complexity index is 340. The van der Waals surface area contributed by atoms with Gasteiger partial charge in [-0.15, -0.1) is 0 Å². The van der Waals surface area contributed by atoms with Gasteiger partial charge in [-0.05, 0) is 34.7 Å². The molecule has 0 aliphatic rings. The fourth-order valence-electron chi connectivity index (χ4n) is 1.82. The van der Waals surface area contributed by atoms with Crippen LogP contribution in [0.4, 0.5) is 0 Å². The molecule has 5 heteroatoms. The SMILES string of the molecule is CCn1ncc(Br)c1C(CC(C)(C)C)NN. The number of nitrogens with zero attached hydrogens (tertiary/aromatic N) is 2. The summed E-state index contributed by atoms with van der Waals surface area (Å²) in [5, 5.41) is 4.31. The van der Waals surface area contributed by atoms with Gasteiger partial charge in [0.1, 0.15) is 0 Å². The molecule has 0 amide bonds. The summed E-state index contributed by atoms with van der Waals surface area (Å²) >= 11 is 3.53. The fourth-order valence-corrected chi connectivity index (χ4v) is 2.39. The van der Waals surface area contributed by atoms with Gasteiger partial charge in [-0.1, -0.05) is 20.8 Å². The first-order chi connectivity index (χ1) is 7.39. The lowest BCUT2D eigenvalue weighted by Gasteiger charge is -2.26. The molecule has 1 aromatic rings. The summed E-state index contributed by atoms with van der Waals surface area (Å²) in [6.45, 7) is 9.55. The summed E-state index contributed by atoms with van der Waals surface area (Å²) in [7, 11) is 0. The minimum Gasteiger partial charge on any atom is -0.271 e. The Morgan fingerprint density at radius 1 is 1.56 bits per heavy atom. The molecule has 92 valence electrons. The van der Waals surface area contributed by atoms with E-state index in [1.807, 2.05) is 10.9 Å². The maximum atomic E-state index is 5.65. The van der Waals surface area contributed by atoms with Crippen LogP contribution in [-0.4, -0.2) is 9.78 Å². The van der Waals surface area contributed by atoms with Crippen LogP contribution in [0.25, 0.3) is 0 Å². The summed E-state index contributed by atoms with van der Waals surface area (Å²) in [5.41, 5.74) is 4.23. The van der Waals surface area contributed by atoms with Gasteiger partial charge in [0.25, 0.3) is 0 Å². The van der Waals surface area contributed by atoms with Crippen LogP contribution < -0.4 is 11.3 Å². The molecule has 1 rings (SSSR count). The molecule has 4 nitrogen and oxygen atoms in total. The molecular formula is C11H21BrN4. The van der Waals surface area contributed by atoms with Gasteiger partial charge in [0.15, 0.2) is 0 Å². The fraction of sp³-hybridized carbons (Fsp3) is 0.727. The first kappa shape index (κ1) is 13.7. The van der Waals surface area contributed by atoms with Crippen LogP contribution in [0.2, 0.25) is 0 Å². The lowest BCUT2D eigenvalue weighted by Crippen LogP contribution is -2.33. The molecule has 1 aromatic heterocycles. The van der Waals surface area contributed by atoms with Crippen LogP contribution in [0.1, 0.15) is 45.9 Å². The highest BCUT2D eigenvalue weighted by molar-refractivity contribution is 9.10. The van der Waals surface area contributed by atoms with E-state index in [1.54, 1.807) is 0 Å². The molecular weight excluding hydrogens is 268 g/mol. The van der Waals surface area contributed by atoms with Crippen molar-refractivity contribution >= 4 is 15.9 Å². The molecule has 0 aliphatic carbocycles. The highest BCUT2D eigenvalue weighted by Gasteiger charge is 2.24. The second-order valence-electron chi connectivity index (χ2n) is 5.18. The zero-order chi connectivity index (χ0) is 12.3. The normalized spacial score (nSPS) is 14.1. The maximum Gasteiger partial charge on any atom is 0.0709 e. The van der Waals surface area contributed by atoms with Crippen LogP contribution in [0, 0.1) is 5.41 Å². The Morgan fingerprint density at radius 2 is 2.19 bits per heavy atom. The van der Waals surface area contributed by atoms with Gasteiger partial charge in [0.05, 0.1) is 22.4 Å². The molecule has 1 unspecified atom stereocenters. The number of rotatable bonds is 4. The third-order valence-electron chi connectivity index (χ3n) is 2.48. The van der Waals surface area contributed by atoms with Crippen LogP contribution in [0.3, 0.4) is 0 Å². The van der Waals surface area contributed by atoms with Crippen LogP contribution in [0.15, 0.2) is 10.7 Å². The van der Waals surface area contributed by atoms with Gasteiger partial charge in [0, 0.05) is 6.54 Å². The van der Waals surface area contributed by atoms with Crippen molar-refractivity contribution in [3.63, 3.8) is 0 Å². The van der Waals surface area contributed by atoms with E-state index in [0.717, 1.165) is 23.1 Å². The summed E-state index contributed by atoms with van der Waals surface area (Å²) in [6, 6.07) is 0.122. The number of hydrogen-bond donors (Lipinski definition) is 2. The van der Waals surface area contributed by atoms with Crippen molar-refractivity contribution in [3.05, 3.63) is 16.4 Å². The van der Waals surface area contributed by atoms with Crippen molar-refractivity contribution < 1.29 is 0 Å². The number of nitrogens with two attached hydrogens (primary N) is 1. The third-order valence-corrected chi connectivity index (χ3v) is 3.09. The highest BCUT2D eigenvalue weighted by atomic mass is 79.9. The Kier molecular flexibility index (Phi) is 4.52. The molecule has 0 aliphatic heterocycles. The van der Waals surface area contributed by atoms with Gasteiger partial charge in [-0.2, -0.15) is 5.10 Å². The average Bonchev–Trinajstić information content (AvgIpc) is 2.54. The van der Waals surface area contributed by atoms with Crippen molar-refractivity contribution in [2.24, 2.45) is 11.3 Å². The molecule has 0 aromatic carbocycles. The maximum absolute atomic E-state index is 5.65. The van der Waals surface area contributed by atoms with Crippen molar-refractivity contribution in [1.82, 2.24) is 15.2 Å². The van der Waals surface area contributed by atoms with E-state index in [2.05, 4.69) is 54.1 Å². The first-order valence-corrected chi connectivity index (χ1v) is 6.35. The molecule has 0 spiro atoms. The molecule has 3 N–H and O–H groups in total. The van der Waals surface area contributed by atoms with E-state index < -0.39 is 0 Å². The van der Waals surface area contributed by atoms with Gasteiger partial charge >= 0.3 is 0 Å². The van der Waals surface area contributed by atoms with E-state index in [4.69, 9.17) is 5.84 Å². The highest BCUT2D eigenvalue weighted by Crippen LogP contribution is 2.32. The lowest BCUT2D eigenvalue weighted by atomic mass is 9.87. The monoisotopic (exact) mass is 288 g/mol. The molecule has 0 saturated carbocycles. The predicted molar refractivity (Wildman–Crippen MR) is 69.7 cm³/mol. The van der Waals surface area contributed by atoms with E-state index in [1.165, 1.54) is 0 Å². The minimum absolute atomic E-state index is 0.122. The van der Waals surface area contributed by atoms with Gasteiger partial charge < -0.3 is 0 Å². The molecule has 0 bridgehead atoms. The lowest BCUT2D eigenvalue weighted by molar-refractivity contribution is 0.302. The largest absolute Gasteiger partial charge is 0.271 e. The number of hydrogen-bond acceptors (Lipinski definition) is 3. The molecule has 0 fully saturated rings. The Hall–Kier alpha value is -0.390. The molecule has 0 saturated heterocycles. The van der Waals surface area contributed by atoms with Crippen molar-refractivity contribution in [2.45, 2.75) is 46.7 Å². The van der Waals surface area contributed by atoms with Gasteiger partial charge in [0.2, 0.25) is 0 Å². The predicted octanol–water partition coefficient (Wildman–Crippen LogP) is 2.61. The number of aromatic nitrogens is 2.